The van der Waals surface area contributed by atoms with Gasteiger partial charge < -0.3 is 24.8 Å². The van der Waals surface area contributed by atoms with E-state index in [1.54, 1.807) is 6.07 Å². The van der Waals surface area contributed by atoms with Crippen LogP contribution in [-0.4, -0.2) is 59.2 Å². The zero-order valence-corrected chi connectivity index (χ0v) is 25.3. The molecule has 5 aliphatic rings. The Bertz CT molecular complexity index is 1730. The number of halogens is 4. The maximum Gasteiger partial charge on any atom is 0.573 e. The number of rotatable bonds is 6. The van der Waals surface area contributed by atoms with Gasteiger partial charge in [0.1, 0.15) is 11.6 Å². The van der Waals surface area contributed by atoms with Crippen LogP contribution in [0.5, 0.6) is 5.75 Å². The number of aliphatic carboxylic acids is 1. The third-order valence-electron chi connectivity index (χ3n) is 9.68. The Kier molecular flexibility index (Phi) is 6.74. The van der Waals surface area contributed by atoms with Gasteiger partial charge in [-0.2, -0.15) is 0 Å². The first-order valence-electron chi connectivity index (χ1n) is 14.5. The number of carbonyl (C=O) groups excluding carboxylic acids is 1. The second-order valence-electron chi connectivity index (χ2n) is 12.2. The largest absolute Gasteiger partial charge is 0.573 e. The molecule has 3 aliphatic carbocycles. The van der Waals surface area contributed by atoms with Crippen molar-refractivity contribution in [1.82, 2.24) is 10.3 Å². The highest BCUT2D eigenvalue weighted by atomic mass is 79.9. The van der Waals surface area contributed by atoms with Gasteiger partial charge in [-0.1, -0.05) is 40.2 Å². The van der Waals surface area contributed by atoms with Gasteiger partial charge in [0.05, 0.1) is 40.8 Å². The van der Waals surface area contributed by atoms with Gasteiger partial charge in [0.25, 0.3) is 5.91 Å². The molecule has 12 heteroatoms. The van der Waals surface area contributed by atoms with Crippen molar-refractivity contribution in [1.29, 1.82) is 0 Å². The summed E-state index contributed by atoms with van der Waals surface area (Å²) in [6.45, 7) is 3.13. The van der Waals surface area contributed by atoms with Crippen LogP contribution in [0.3, 0.4) is 0 Å². The Morgan fingerprint density at radius 2 is 1.91 bits per heavy atom. The fourth-order valence-corrected chi connectivity index (χ4v) is 7.85. The number of morpholine rings is 1. The molecule has 8 rings (SSSR count). The summed E-state index contributed by atoms with van der Waals surface area (Å²) in [5, 5.41) is 14.0. The Morgan fingerprint density at radius 1 is 1.16 bits per heavy atom. The van der Waals surface area contributed by atoms with E-state index in [-0.39, 0.29) is 43.4 Å². The van der Waals surface area contributed by atoms with E-state index in [1.165, 1.54) is 24.3 Å². The second kappa shape index (κ2) is 10.2. The number of hydrogen-bond acceptors (Lipinski definition) is 6. The lowest BCUT2D eigenvalue weighted by atomic mass is 9.57. The first kappa shape index (κ1) is 29.1. The van der Waals surface area contributed by atoms with E-state index < -0.39 is 34.9 Å². The van der Waals surface area contributed by atoms with Gasteiger partial charge in [0.15, 0.2) is 0 Å². The fourth-order valence-electron chi connectivity index (χ4n) is 7.49. The number of hydrogen-bond donors (Lipinski definition) is 2. The molecule has 1 aromatic heterocycles. The Morgan fingerprint density at radius 3 is 2.57 bits per heavy atom. The highest BCUT2D eigenvalue weighted by molar-refractivity contribution is 9.10. The molecule has 1 amide bonds. The van der Waals surface area contributed by atoms with Crippen molar-refractivity contribution in [2.24, 2.45) is 5.41 Å². The number of amides is 1. The van der Waals surface area contributed by atoms with Crippen LogP contribution in [0.4, 0.5) is 19.0 Å². The van der Waals surface area contributed by atoms with Gasteiger partial charge in [0.2, 0.25) is 0 Å². The number of benzene rings is 2. The minimum absolute atomic E-state index is 0.1000. The zero-order chi connectivity index (χ0) is 31.0. The summed E-state index contributed by atoms with van der Waals surface area (Å²) in [6.07, 6.45) is -1.47. The van der Waals surface area contributed by atoms with Gasteiger partial charge in [-0.25, -0.2) is 4.98 Å². The average molecular weight is 672 g/mol. The van der Waals surface area contributed by atoms with Crippen LogP contribution in [0.25, 0.3) is 16.5 Å². The van der Waals surface area contributed by atoms with Crippen LogP contribution in [0.2, 0.25) is 0 Å². The first-order valence-corrected chi connectivity index (χ1v) is 15.3. The monoisotopic (exact) mass is 671 g/mol. The average Bonchev–Trinajstić information content (AvgIpc) is 3.61. The highest BCUT2D eigenvalue weighted by Gasteiger charge is 2.54. The Balaban J connectivity index is 1.34. The van der Waals surface area contributed by atoms with Crippen molar-refractivity contribution >= 4 is 50.1 Å². The standard InChI is InChI=1S/C32H29BrF3N3O5/c1-17-26(22-12-18(33)6-7-24(22)37-27(17)39-15-20-13-19(39)16-43-20)28(40)38-31-10-8-30(9-11-31,29(41)42)14-23(31)21-4-2-3-5-25(21)44-32(34,35)36/h2-7,12,14,19-20H,8-11,13,15-16H2,1H3,(H,38,40)(H,41,42)/t19-,20-,30?,31?/m1/s1. The van der Waals surface area contributed by atoms with Crippen molar-refractivity contribution in [3.8, 4) is 5.75 Å². The van der Waals surface area contributed by atoms with E-state index in [0.717, 1.165) is 10.9 Å². The predicted molar refractivity (Wildman–Crippen MR) is 160 cm³/mol. The minimum atomic E-state index is -4.96. The summed E-state index contributed by atoms with van der Waals surface area (Å²) in [5.74, 6) is -1.19. The lowest BCUT2D eigenvalue weighted by molar-refractivity contribution is -0.274. The molecule has 3 fully saturated rings. The minimum Gasteiger partial charge on any atom is -0.481 e. The SMILES string of the molecule is Cc1c(N2C[C@H]3C[C@@H]2CO3)nc2ccc(Br)cc2c1C(=O)NC12CCC(C(=O)O)(C=C1c1ccccc1OC(F)(F)F)CC2. The normalized spacial score (nSPS) is 27.5. The molecule has 0 unspecified atom stereocenters. The number of nitrogens with zero attached hydrogens (tertiary/aromatic N) is 2. The summed E-state index contributed by atoms with van der Waals surface area (Å²) < 4.78 is 51.2. The number of carbonyl (C=O) groups is 2. The third kappa shape index (κ3) is 4.73. The molecule has 0 radical (unpaired) electrons. The molecule has 3 heterocycles. The highest BCUT2D eigenvalue weighted by Crippen LogP contribution is 2.56. The fraction of sp³-hybridized carbons (Fsp3) is 0.406. The lowest BCUT2D eigenvalue weighted by Crippen LogP contribution is -2.57. The maximum absolute atomic E-state index is 14.5. The van der Waals surface area contributed by atoms with Crippen LogP contribution in [0.15, 0.2) is 53.0 Å². The van der Waals surface area contributed by atoms with Crippen LogP contribution >= 0.6 is 15.9 Å². The van der Waals surface area contributed by atoms with Crippen molar-refractivity contribution in [2.75, 3.05) is 18.1 Å². The molecule has 4 bridgehead atoms. The molecular formula is C32H29BrF3N3O5. The van der Waals surface area contributed by atoms with Gasteiger partial charge >= 0.3 is 12.3 Å². The van der Waals surface area contributed by atoms with Crippen LogP contribution in [-0.2, 0) is 9.53 Å². The van der Waals surface area contributed by atoms with Crippen LogP contribution in [0.1, 0.15) is 53.6 Å². The summed E-state index contributed by atoms with van der Waals surface area (Å²) in [4.78, 5) is 34.1. The van der Waals surface area contributed by atoms with Crippen molar-refractivity contribution in [3.05, 3.63) is 69.7 Å². The lowest BCUT2D eigenvalue weighted by Gasteiger charge is -2.51. The van der Waals surface area contributed by atoms with E-state index in [2.05, 4.69) is 30.9 Å². The van der Waals surface area contributed by atoms with E-state index in [4.69, 9.17) is 9.72 Å². The maximum atomic E-state index is 14.5. The zero-order valence-electron chi connectivity index (χ0n) is 23.7. The molecule has 2 aliphatic heterocycles. The van der Waals surface area contributed by atoms with Crippen LogP contribution in [0, 0.1) is 12.3 Å². The number of fused-ring (bicyclic) bond motifs is 5. The number of pyridine rings is 1. The third-order valence-corrected chi connectivity index (χ3v) is 10.2. The smallest absolute Gasteiger partial charge is 0.481 e. The van der Waals surface area contributed by atoms with Gasteiger partial charge in [-0.15, -0.1) is 13.2 Å². The number of nitrogens with one attached hydrogen (secondary N) is 1. The molecule has 2 aromatic carbocycles. The molecule has 44 heavy (non-hydrogen) atoms. The van der Waals surface area contributed by atoms with Crippen molar-refractivity contribution in [3.63, 3.8) is 0 Å². The molecule has 1 saturated carbocycles. The number of carboxylic acid groups (broad SMARTS) is 1. The first-order chi connectivity index (χ1) is 20.9. The van der Waals surface area contributed by atoms with Gasteiger partial charge in [0, 0.05) is 27.5 Å². The molecule has 2 atom stereocenters. The Hall–Kier alpha value is -3.64. The number of alkyl halides is 3. The van der Waals surface area contributed by atoms with E-state index >= 15 is 0 Å². The molecule has 2 N–H and O–H groups in total. The number of aromatic nitrogens is 1. The van der Waals surface area contributed by atoms with Gasteiger partial charge in [-0.3, -0.25) is 9.59 Å². The van der Waals surface area contributed by atoms with Crippen molar-refractivity contribution in [2.45, 2.75) is 63.1 Å². The summed E-state index contributed by atoms with van der Waals surface area (Å²) in [7, 11) is 0. The molecule has 8 nitrogen and oxygen atoms in total. The van der Waals surface area contributed by atoms with Gasteiger partial charge in [-0.05, 0) is 68.9 Å². The second-order valence-corrected chi connectivity index (χ2v) is 13.1. The Labute approximate surface area is 259 Å². The number of para-hydroxylation sites is 1. The number of carboxylic acids is 1. The van der Waals surface area contributed by atoms with E-state index in [9.17, 15) is 27.9 Å². The molecule has 0 spiro atoms. The topological polar surface area (TPSA) is 101 Å². The molecular weight excluding hydrogens is 643 g/mol. The quantitative estimate of drug-likeness (QED) is 0.313. The van der Waals surface area contributed by atoms with Crippen molar-refractivity contribution < 1.29 is 37.3 Å². The van der Waals surface area contributed by atoms with E-state index in [1.807, 2.05) is 25.1 Å². The molecule has 2 saturated heterocycles. The number of anilines is 1. The summed E-state index contributed by atoms with van der Waals surface area (Å²) in [6, 6.07) is 11.4. The van der Waals surface area contributed by atoms with E-state index in [0.29, 0.717) is 46.6 Å². The molecule has 230 valence electrons. The summed E-state index contributed by atoms with van der Waals surface area (Å²) in [5.41, 5.74) is -0.202. The predicted octanol–water partition coefficient (Wildman–Crippen LogP) is 6.39. The number of ether oxygens (including phenoxy) is 2. The summed E-state index contributed by atoms with van der Waals surface area (Å²) >= 11 is 3.52. The molecule has 3 aromatic rings. The van der Waals surface area contributed by atoms with Crippen LogP contribution < -0.4 is 15.0 Å².